The maximum Gasteiger partial charge on any atom is 0.246 e. The number of aromatic nitrogens is 2. The van der Waals surface area contributed by atoms with E-state index in [4.69, 9.17) is 0 Å². The van der Waals surface area contributed by atoms with Crippen molar-refractivity contribution < 1.29 is 16.8 Å². The molecule has 148 valence electrons. The SMILES string of the molecule is Cc1ccc(S(=O)(=O)N2CCN(S(=O)(=O)c3c(C)nn(C)c3C)CC2)cc1. The van der Waals surface area contributed by atoms with Gasteiger partial charge in [-0.15, -0.1) is 0 Å². The Labute approximate surface area is 160 Å². The molecule has 0 N–H and O–H groups in total. The van der Waals surface area contributed by atoms with E-state index in [0.717, 1.165) is 5.56 Å². The highest BCUT2D eigenvalue weighted by Crippen LogP contribution is 2.25. The third-order valence-electron chi connectivity index (χ3n) is 4.90. The monoisotopic (exact) mass is 412 g/mol. The van der Waals surface area contributed by atoms with Gasteiger partial charge in [-0.1, -0.05) is 17.7 Å². The van der Waals surface area contributed by atoms with E-state index < -0.39 is 20.0 Å². The first-order chi connectivity index (χ1) is 12.5. The fourth-order valence-electron chi connectivity index (χ4n) is 3.27. The number of aryl methyl sites for hydroxylation is 3. The molecule has 2 aromatic rings. The van der Waals surface area contributed by atoms with Crippen molar-refractivity contribution in [3.05, 3.63) is 41.2 Å². The van der Waals surface area contributed by atoms with Crippen LogP contribution in [-0.4, -0.2) is 61.4 Å². The summed E-state index contributed by atoms with van der Waals surface area (Å²) < 4.78 is 55.8. The van der Waals surface area contributed by atoms with E-state index >= 15 is 0 Å². The first-order valence-electron chi connectivity index (χ1n) is 8.62. The van der Waals surface area contributed by atoms with Crippen molar-refractivity contribution in [2.45, 2.75) is 30.6 Å². The number of piperazine rings is 1. The highest BCUT2D eigenvalue weighted by atomic mass is 32.2. The van der Waals surface area contributed by atoms with Gasteiger partial charge in [-0.3, -0.25) is 4.68 Å². The fourth-order valence-corrected chi connectivity index (χ4v) is 6.51. The summed E-state index contributed by atoms with van der Waals surface area (Å²) in [6, 6.07) is 6.66. The summed E-state index contributed by atoms with van der Waals surface area (Å²) in [6.07, 6.45) is 0. The molecule has 2 heterocycles. The van der Waals surface area contributed by atoms with Crippen molar-refractivity contribution in [2.75, 3.05) is 26.2 Å². The standard InChI is InChI=1S/C17H24N4O4S2/c1-13-5-7-16(8-6-13)26(22,23)20-9-11-21(12-10-20)27(24,25)17-14(2)18-19(4)15(17)3/h5-8H,9-12H2,1-4H3. The van der Waals surface area contributed by atoms with Crippen LogP contribution in [0.4, 0.5) is 0 Å². The van der Waals surface area contributed by atoms with Crippen LogP contribution in [0, 0.1) is 20.8 Å². The van der Waals surface area contributed by atoms with Crippen LogP contribution >= 0.6 is 0 Å². The van der Waals surface area contributed by atoms with Gasteiger partial charge in [-0.25, -0.2) is 16.8 Å². The molecule has 1 aliphatic heterocycles. The molecule has 0 radical (unpaired) electrons. The van der Waals surface area contributed by atoms with Crippen molar-refractivity contribution in [3.8, 4) is 0 Å². The lowest BCUT2D eigenvalue weighted by Crippen LogP contribution is -2.50. The Hall–Kier alpha value is -1.75. The van der Waals surface area contributed by atoms with Crippen LogP contribution in [0.2, 0.25) is 0 Å². The molecular formula is C17H24N4O4S2. The zero-order valence-electron chi connectivity index (χ0n) is 15.9. The van der Waals surface area contributed by atoms with Crippen LogP contribution in [0.25, 0.3) is 0 Å². The van der Waals surface area contributed by atoms with E-state index in [1.165, 1.54) is 8.61 Å². The first-order valence-corrected chi connectivity index (χ1v) is 11.5. The summed E-state index contributed by atoms with van der Waals surface area (Å²) >= 11 is 0. The van der Waals surface area contributed by atoms with Gasteiger partial charge in [0, 0.05) is 33.2 Å². The van der Waals surface area contributed by atoms with Gasteiger partial charge in [-0.2, -0.15) is 13.7 Å². The molecule has 3 rings (SSSR count). The molecular weight excluding hydrogens is 388 g/mol. The van der Waals surface area contributed by atoms with Crippen molar-refractivity contribution >= 4 is 20.0 Å². The van der Waals surface area contributed by atoms with Gasteiger partial charge >= 0.3 is 0 Å². The number of nitrogens with zero attached hydrogens (tertiary/aromatic N) is 4. The van der Waals surface area contributed by atoms with Crippen LogP contribution in [0.1, 0.15) is 17.0 Å². The Morgan fingerprint density at radius 3 is 1.74 bits per heavy atom. The summed E-state index contributed by atoms with van der Waals surface area (Å²) in [5.41, 5.74) is 2.00. The Kier molecular flexibility index (Phi) is 5.19. The van der Waals surface area contributed by atoms with Crippen molar-refractivity contribution in [2.24, 2.45) is 7.05 Å². The molecule has 0 amide bonds. The predicted octanol–water partition coefficient (Wildman–Crippen LogP) is 1.04. The summed E-state index contributed by atoms with van der Waals surface area (Å²) in [4.78, 5) is 0.434. The van der Waals surface area contributed by atoms with Gasteiger partial charge in [-0.05, 0) is 32.9 Å². The van der Waals surface area contributed by atoms with Crippen LogP contribution in [-0.2, 0) is 27.1 Å². The second kappa shape index (κ2) is 7.01. The first kappa shape index (κ1) is 20.0. The minimum atomic E-state index is -3.71. The Morgan fingerprint density at radius 1 is 0.815 bits per heavy atom. The molecule has 0 aliphatic carbocycles. The minimum absolute atomic E-state index is 0.112. The van der Waals surface area contributed by atoms with Crippen LogP contribution in [0.3, 0.4) is 0 Å². The molecule has 0 saturated carbocycles. The lowest BCUT2D eigenvalue weighted by molar-refractivity contribution is 0.272. The van der Waals surface area contributed by atoms with E-state index in [2.05, 4.69) is 5.10 Å². The molecule has 1 saturated heterocycles. The molecule has 1 aromatic heterocycles. The summed E-state index contributed by atoms with van der Waals surface area (Å²) in [5, 5.41) is 4.18. The topological polar surface area (TPSA) is 92.6 Å². The number of hydrogen-bond acceptors (Lipinski definition) is 5. The average molecular weight is 413 g/mol. The maximum atomic E-state index is 13.0. The van der Waals surface area contributed by atoms with Crippen molar-refractivity contribution in [1.29, 1.82) is 0 Å². The quantitative estimate of drug-likeness (QED) is 0.748. The molecule has 0 unspecified atom stereocenters. The smallest absolute Gasteiger partial charge is 0.246 e. The molecule has 27 heavy (non-hydrogen) atoms. The van der Waals surface area contributed by atoms with Gasteiger partial charge in [0.15, 0.2) is 0 Å². The normalized spacial score (nSPS) is 17.3. The second-order valence-electron chi connectivity index (χ2n) is 6.74. The van der Waals surface area contributed by atoms with Crippen LogP contribution in [0.5, 0.6) is 0 Å². The van der Waals surface area contributed by atoms with Crippen LogP contribution < -0.4 is 0 Å². The van der Waals surface area contributed by atoms with Gasteiger partial charge < -0.3 is 0 Å². The summed E-state index contributed by atoms with van der Waals surface area (Å²) in [6.45, 7) is 5.73. The number of sulfonamides is 2. The van der Waals surface area contributed by atoms with E-state index in [0.29, 0.717) is 11.4 Å². The van der Waals surface area contributed by atoms with Gasteiger partial charge in [0.05, 0.1) is 16.3 Å². The average Bonchev–Trinajstić information content (AvgIpc) is 2.88. The Bertz CT molecular complexity index is 1050. The van der Waals surface area contributed by atoms with Crippen molar-refractivity contribution in [1.82, 2.24) is 18.4 Å². The van der Waals surface area contributed by atoms with Crippen molar-refractivity contribution in [3.63, 3.8) is 0 Å². The molecule has 1 aromatic carbocycles. The van der Waals surface area contributed by atoms with E-state index in [1.54, 1.807) is 49.8 Å². The van der Waals surface area contributed by atoms with E-state index in [1.807, 2.05) is 6.92 Å². The number of rotatable bonds is 4. The summed E-state index contributed by atoms with van der Waals surface area (Å²) in [7, 11) is -5.64. The van der Waals surface area contributed by atoms with E-state index in [-0.39, 0.29) is 36.0 Å². The number of benzene rings is 1. The molecule has 1 aliphatic rings. The predicted molar refractivity (Wildman–Crippen MR) is 101 cm³/mol. The Morgan fingerprint density at radius 2 is 1.30 bits per heavy atom. The second-order valence-corrected chi connectivity index (χ2v) is 10.6. The lowest BCUT2D eigenvalue weighted by atomic mass is 10.2. The minimum Gasteiger partial charge on any atom is -0.271 e. The summed E-state index contributed by atoms with van der Waals surface area (Å²) in [5.74, 6) is 0. The molecule has 1 fully saturated rings. The molecule has 0 bridgehead atoms. The molecule has 10 heteroatoms. The van der Waals surface area contributed by atoms with Crippen LogP contribution in [0.15, 0.2) is 34.1 Å². The lowest BCUT2D eigenvalue weighted by Gasteiger charge is -2.33. The van der Waals surface area contributed by atoms with Gasteiger partial charge in [0.1, 0.15) is 4.90 Å². The highest BCUT2D eigenvalue weighted by Gasteiger charge is 2.36. The largest absolute Gasteiger partial charge is 0.271 e. The zero-order valence-corrected chi connectivity index (χ0v) is 17.5. The van der Waals surface area contributed by atoms with Gasteiger partial charge in [0.2, 0.25) is 20.0 Å². The fraction of sp³-hybridized carbons (Fsp3) is 0.471. The maximum absolute atomic E-state index is 13.0. The third kappa shape index (κ3) is 3.54. The molecule has 0 atom stereocenters. The molecule has 8 nitrogen and oxygen atoms in total. The zero-order chi connectivity index (χ0) is 20.0. The van der Waals surface area contributed by atoms with E-state index in [9.17, 15) is 16.8 Å². The Balaban J connectivity index is 1.80. The highest BCUT2D eigenvalue weighted by molar-refractivity contribution is 7.89. The molecule has 0 spiro atoms. The number of hydrogen-bond donors (Lipinski definition) is 0. The van der Waals surface area contributed by atoms with Gasteiger partial charge in [0.25, 0.3) is 0 Å². The third-order valence-corrected chi connectivity index (χ3v) is 8.96.